The summed E-state index contributed by atoms with van der Waals surface area (Å²) in [6.07, 6.45) is 0. The Morgan fingerprint density at radius 2 is 1.90 bits per heavy atom. The molecule has 0 saturated heterocycles. The van der Waals surface area contributed by atoms with Crippen molar-refractivity contribution in [1.29, 1.82) is 0 Å². The van der Waals surface area contributed by atoms with E-state index < -0.39 is 10.8 Å². The molecule has 5 nitrogen and oxygen atoms in total. The van der Waals surface area contributed by atoms with Crippen LogP contribution in [-0.2, 0) is 0 Å². The van der Waals surface area contributed by atoms with Crippen LogP contribution in [0.25, 0.3) is 0 Å². The maximum atomic E-state index is 12.9. The van der Waals surface area contributed by atoms with Gasteiger partial charge in [0.2, 0.25) is 0 Å². The number of nitrogens with zero attached hydrogens (tertiary/aromatic N) is 1. The zero-order valence-electron chi connectivity index (χ0n) is 11.0. The van der Waals surface area contributed by atoms with E-state index in [0.717, 1.165) is 11.8 Å². The van der Waals surface area contributed by atoms with Gasteiger partial charge in [-0.1, -0.05) is 11.8 Å². The number of hydrogen-bond acceptors (Lipinski definition) is 4. The lowest BCUT2D eigenvalue weighted by molar-refractivity contribution is -0.387. The molecule has 1 N–H and O–H groups in total. The molecule has 0 atom stereocenters. The van der Waals surface area contributed by atoms with E-state index in [0.29, 0.717) is 9.79 Å². The van der Waals surface area contributed by atoms with Crippen LogP contribution in [0.3, 0.4) is 0 Å². The second-order valence-corrected chi connectivity index (χ2v) is 5.19. The Labute approximate surface area is 124 Å². The Hall–Kier alpha value is -2.41. The highest BCUT2D eigenvalue weighted by atomic mass is 32.2. The number of amides is 1. The standard InChI is InChI=1S/C14H11FN2O3S/c1-16-14(18)9-2-7-13(12(8-9)17(19)20)21-11-5-3-10(15)4-6-11/h2-8H,1H3,(H,16,18). The number of benzene rings is 2. The van der Waals surface area contributed by atoms with Crippen molar-refractivity contribution in [3.8, 4) is 0 Å². The summed E-state index contributed by atoms with van der Waals surface area (Å²) in [4.78, 5) is 23.2. The van der Waals surface area contributed by atoms with Gasteiger partial charge in [-0.05, 0) is 36.4 Å². The van der Waals surface area contributed by atoms with Gasteiger partial charge in [-0.2, -0.15) is 0 Å². The van der Waals surface area contributed by atoms with E-state index in [1.165, 1.54) is 49.5 Å². The van der Waals surface area contributed by atoms with Crippen LogP contribution in [0.2, 0.25) is 0 Å². The van der Waals surface area contributed by atoms with E-state index in [4.69, 9.17) is 0 Å². The molecule has 0 spiro atoms. The average Bonchev–Trinajstić information content (AvgIpc) is 2.49. The lowest BCUT2D eigenvalue weighted by Crippen LogP contribution is -2.17. The van der Waals surface area contributed by atoms with Crippen LogP contribution >= 0.6 is 11.8 Å². The molecule has 21 heavy (non-hydrogen) atoms. The van der Waals surface area contributed by atoms with Gasteiger partial charge in [0.25, 0.3) is 11.6 Å². The molecule has 0 radical (unpaired) electrons. The number of nitro groups is 1. The predicted molar refractivity (Wildman–Crippen MR) is 77.0 cm³/mol. The van der Waals surface area contributed by atoms with Gasteiger partial charge in [0.05, 0.1) is 9.82 Å². The van der Waals surface area contributed by atoms with Crippen molar-refractivity contribution in [1.82, 2.24) is 5.32 Å². The fourth-order valence-corrected chi connectivity index (χ4v) is 2.56. The van der Waals surface area contributed by atoms with Crippen LogP contribution in [0.1, 0.15) is 10.4 Å². The van der Waals surface area contributed by atoms with E-state index >= 15 is 0 Å². The van der Waals surface area contributed by atoms with E-state index in [2.05, 4.69) is 5.32 Å². The molecule has 108 valence electrons. The molecule has 2 rings (SSSR count). The number of nitro benzene ring substituents is 1. The van der Waals surface area contributed by atoms with Gasteiger partial charge in [-0.15, -0.1) is 0 Å². The number of halogens is 1. The van der Waals surface area contributed by atoms with Gasteiger partial charge < -0.3 is 5.32 Å². The third-order valence-corrected chi connectivity index (χ3v) is 3.76. The van der Waals surface area contributed by atoms with Crippen molar-refractivity contribution >= 4 is 23.4 Å². The molecular formula is C14H11FN2O3S. The summed E-state index contributed by atoms with van der Waals surface area (Å²) in [5.41, 5.74) is 0.0538. The highest BCUT2D eigenvalue weighted by Gasteiger charge is 2.18. The summed E-state index contributed by atoms with van der Waals surface area (Å²) in [6, 6.07) is 9.89. The molecule has 0 saturated carbocycles. The van der Waals surface area contributed by atoms with E-state index in [1.54, 1.807) is 0 Å². The normalized spacial score (nSPS) is 10.2. The first-order chi connectivity index (χ1) is 10.0. The van der Waals surface area contributed by atoms with Gasteiger partial charge in [-0.25, -0.2) is 4.39 Å². The van der Waals surface area contributed by atoms with Gasteiger partial charge in [0.1, 0.15) is 5.82 Å². The second-order valence-electron chi connectivity index (χ2n) is 4.07. The zero-order valence-corrected chi connectivity index (χ0v) is 11.8. The first kappa shape index (κ1) is 15.0. The fourth-order valence-electron chi connectivity index (χ4n) is 1.66. The summed E-state index contributed by atoms with van der Waals surface area (Å²) in [7, 11) is 1.45. The maximum Gasteiger partial charge on any atom is 0.284 e. The Bertz CT molecular complexity index is 689. The summed E-state index contributed by atoms with van der Waals surface area (Å²) in [5, 5.41) is 13.5. The SMILES string of the molecule is CNC(=O)c1ccc(Sc2ccc(F)cc2)c([N+](=O)[O-])c1. The minimum Gasteiger partial charge on any atom is -0.355 e. The Balaban J connectivity index is 2.36. The third kappa shape index (κ3) is 3.57. The third-order valence-electron chi connectivity index (χ3n) is 2.69. The minimum atomic E-state index is -0.543. The van der Waals surface area contributed by atoms with Crippen molar-refractivity contribution in [3.05, 3.63) is 64.0 Å². The van der Waals surface area contributed by atoms with Crippen LogP contribution in [0.5, 0.6) is 0 Å². The lowest BCUT2D eigenvalue weighted by atomic mass is 10.2. The van der Waals surface area contributed by atoms with Crippen molar-refractivity contribution in [2.24, 2.45) is 0 Å². The molecule has 0 heterocycles. The molecule has 0 aromatic heterocycles. The average molecular weight is 306 g/mol. The second kappa shape index (κ2) is 6.36. The van der Waals surface area contributed by atoms with Gasteiger partial charge in [0, 0.05) is 23.6 Å². The molecule has 0 aliphatic carbocycles. The van der Waals surface area contributed by atoms with Crippen LogP contribution < -0.4 is 5.32 Å². The number of nitrogens with one attached hydrogen (secondary N) is 1. The Morgan fingerprint density at radius 1 is 1.24 bits per heavy atom. The van der Waals surface area contributed by atoms with E-state index in [9.17, 15) is 19.3 Å². The summed E-state index contributed by atoms with van der Waals surface area (Å²) in [6.45, 7) is 0. The number of hydrogen-bond donors (Lipinski definition) is 1. The summed E-state index contributed by atoms with van der Waals surface area (Å²) < 4.78 is 12.9. The smallest absolute Gasteiger partial charge is 0.284 e. The van der Waals surface area contributed by atoms with Gasteiger partial charge in [-0.3, -0.25) is 14.9 Å². The highest BCUT2D eigenvalue weighted by Crippen LogP contribution is 2.35. The van der Waals surface area contributed by atoms with Gasteiger partial charge >= 0.3 is 0 Å². The quantitative estimate of drug-likeness (QED) is 0.695. The molecule has 2 aromatic carbocycles. The Kier molecular flexibility index (Phi) is 4.54. The topological polar surface area (TPSA) is 72.2 Å². The molecule has 0 bridgehead atoms. The fraction of sp³-hybridized carbons (Fsp3) is 0.0714. The van der Waals surface area contributed by atoms with Crippen molar-refractivity contribution in [2.75, 3.05) is 7.05 Å². The zero-order chi connectivity index (χ0) is 15.4. The summed E-state index contributed by atoms with van der Waals surface area (Å²) >= 11 is 1.14. The minimum absolute atomic E-state index is 0.162. The van der Waals surface area contributed by atoms with Crippen LogP contribution in [-0.4, -0.2) is 17.9 Å². The number of rotatable bonds is 4. The van der Waals surface area contributed by atoms with Crippen molar-refractivity contribution < 1.29 is 14.1 Å². The molecule has 2 aromatic rings. The highest BCUT2D eigenvalue weighted by molar-refractivity contribution is 7.99. The molecule has 0 aliphatic rings. The van der Waals surface area contributed by atoms with Crippen LogP contribution in [0.4, 0.5) is 10.1 Å². The first-order valence-electron chi connectivity index (χ1n) is 5.95. The first-order valence-corrected chi connectivity index (χ1v) is 6.77. The van der Waals surface area contributed by atoms with Crippen molar-refractivity contribution in [3.63, 3.8) is 0 Å². The Morgan fingerprint density at radius 3 is 2.48 bits per heavy atom. The lowest BCUT2D eigenvalue weighted by Gasteiger charge is -2.05. The maximum absolute atomic E-state index is 12.9. The largest absolute Gasteiger partial charge is 0.355 e. The predicted octanol–water partition coefficient (Wildman–Crippen LogP) is 3.24. The van der Waals surface area contributed by atoms with E-state index in [-0.39, 0.29) is 17.1 Å². The van der Waals surface area contributed by atoms with Gasteiger partial charge in [0.15, 0.2) is 0 Å². The van der Waals surface area contributed by atoms with E-state index in [1.807, 2.05) is 0 Å². The number of carbonyl (C=O) groups excluding carboxylic acids is 1. The monoisotopic (exact) mass is 306 g/mol. The molecule has 0 aliphatic heterocycles. The molecule has 7 heteroatoms. The van der Waals surface area contributed by atoms with Crippen LogP contribution in [0.15, 0.2) is 52.3 Å². The molecule has 0 fully saturated rings. The number of carbonyl (C=O) groups is 1. The molecule has 0 unspecified atom stereocenters. The summed E-state index contributed by atoms with van der Waals surface area (Å²) in [5.74, 6) is -0.764. The molecule has 1 amide bonds. The van der Waals surface area contributed by atoms with Crippen LogP contribution in [0, 0.1) is 15.9 Å². The molecular weight excluding hydrogens is 295 g/mol. The van der Waals surface area contributed by atoms with Crippen molar-refractivity contribution in [2.45, 2.75) is 9.79 Å².